The van der Waals surface area contributed by atoms with Crippen molar-refractivity contribution in [2.45, 2.75) is 25.0 Å². The molecule has 0 saturated carbocycles. The van der Waals surface area contributed by atoms with E-state index in [0.29, 0.717) is 56.8 Å². The van der Waals surface area contributed by atoms with E-state index in [2.05, 4.69) is 26.6 Å². The lowest BCUT2D eigenvalue weighted by molar-refractivity contribution is -0.120. The largest absolute Gasteiger partial charge is 0.385 e. The van der Waals surface area contributed by atoms with E-state index in [-0.39, 0.29) is 23.5 Å². The van der Waals surface area contributed by atoms with Gasteiger partial charge in [0, 0.05) is 43.7 Å². The zero-order chi connectivity index (χ0) is 24.6. The lowest BCUT2D eigenvalue weighted by Gasteiger charge is -2.30. The number of nitrogens with zero attached hydrogens (tertiary/aromatic N) is 1. The third kappa shape index (κ3) is 7.36. The Morgan fingerprint density at radius 3 is 2.44 bits per heavy atom. The van der Waals surface area contributed by atoms with Gasteiger partial charge in [0.05, 0.1) is 17.0 Å². The predicted octanol–water partition coefficient (Wildman–Crippen LogP) is 3.40. The zero-order valence-corrected chi connectivity index (χ0v) is 21.5. The first-order valence-corrected chi connectivity index (χ1v) is 13.6. The number of hydrogen-bond acceptors (Lipinski definition) is 5. The second-order valence-electron chi connectivity index (χ2n) is 8.19. The smallest absolute Gasteiger partial charge is 0.253 e. The summed E-state index contributed by atoms with van der Waals surface area (Å²) in [4.78, 5) is 25.4. The van der Waals surface area contributed by atoms with Gasteiger partial charge in [0.15, 0.2) is 0 Å². The summed E-state index contributed by atoms with van der Waals surface area (Å²) >= 11 is 3.35. The average Bonchev–Trinajstić information content (AvgIpc) is 2.83. The molecule has 0 spiro atoms. The summed E-state index contributed by atoms with van der Waals surface area (Å²) in [6, 6.07) is 14.1. The van der Waals surface area contributed by atoms with Gasteiger partial charge < -0.3 is 15.4 Å². The van der Waals surface area contributed by atoms with Gasteiger partial charge in [-0.25, -0.2) is 12.7 Å². The molecule has 1 aliphatic heterocycles. The van der Waals surface area contributed by atoms with Crippen LogP contribution in [0, 0.1) is 5.92 Å². The molecule has 0 bridgehead atoms. The van der Waals surface area contributed by atoms with Crippen LogP contribution in [0.2, 0.25) is 0 Å². The molecule has 0 aliphatic carbocycles. The van der Waals surface area contributed by atoms with E-state index in [1.165, 1.54) is 4.31 Å². The van der Waals surface area contributed by atoms with Crippen LogP contribution < -0.4 is 10.6 Å². The maximum atomic E-state index is 12.9. The molecule has 1 saturated heterocycles. The number of benzene rings is 2. The van der Waals surface area contributed by atoms with Gasteiger partial charge in [0.2, 0.25) is 15.9 Å². The highest BCUT2D eigenvalue weighted by Crippen LogP contribution is 2.24. The number of sulfonamides is 1. The Morgan fingerprint density at radius 2 is 1.76 bits per heavy atom. The highest BCUT2D eigenvalue weighted by molar-refractivity contribution is 9.10. The van der Waals surface area contributed by atoms with Gasteiger partial charge in [-0.3, -0.25) is 9.59 Å². The quantitative estimate of drug-likeness (QED) is 0.440. The minimum absolute atomic E-state index is 0.0655. The third-order valence-corrected chi connectivity index (χ3v) is 8.10. The topological polar surface area (TPSA) is 105 Å². The lowest BCUT2D eigenvalue weighted by atomic mass is 9.97. The van der Waals surface area contributed by atoms with Crippen molar-refractivity contribution in [2.75, 3.05) is 38.7 Å². The summed E-state index contributed by atoms with van der Waals surface area (Å²) in [6.45, 7) is 1.61. The normalized spacial score (nSPS) is 15.1. The van der Waals surface area contributed by atoms with Gasteiger partial charge in [0.1, 0.15) is 0 Å². The fourth-order valence-electron chi connectivity index (χ4n) is 3.82. The Morgan fingerprint density at radius 1 is 1.09 bits per heavy atom. The molecule has 2 aromatic rings. The molecule has 2 amide bonds. The van der Waals surface area contributed by atoms with Crippen molar-refractivity contribution in [3.8, 4) is 0 Å². The van der Waals surface area contributed by atoms with Crippen LogP contribution in [0.1, 0.15) is 35.2 Å². The van der Waals surface area contributed by atoms with Crippen molar-refractivity contribution >= 4 is 43.5 Å². The molecule has 2 aromatic carbocycles. The van der Waals surface area contributed by atoms with Gasteiger partial charge in [-0.15, -0.1) is 0 Å². The second-order valence-corrected chi connectivity index (χ2v) is 11.1. The fourth-order valence-corrected chi connectivity index (χ4v) is 5.65. The van der Waals surface area contributed by atoms with Crippen LogP contribution in [0.5, 0.6) is 0 Å². The van der Waals surface area contributed by atoms with Crippen molar-refractivity contribution in [3.05, 3.63) is 64.1 Å². The van der Waals surface area contributed by atoms with Crippen LogP contribution in [-0.4, -0.2) is 57.9 Å². The molecule has 0 atom stereocenters. The van der Waals surface area contributed by atoms with E-state index in [9.17, 15) is 18.0 Å². The lowest BCUT2D eigenvalue weighted by Crippen LogP contribution is -2.42. The van der Waals surface area contributed by atoms with E-state index in [4.69, 9.17) is 4.74 Å². The number of methoxy groups -OCH3 is 1. The number of amides is 2. The molecular formula is C24H30BrN3O5S. The van der Waals surface area contributed by atoms with Crippen molar-refractivity contribution < 1.29 is 22.7 Å². The van der Waals surface area contributed by atoms with Crippen LogP contribution in [-0.2, 0) is 25.3 Å². The molecule has 8 nitrogen and oxygen atoms in total. The molecular weight excluding hydrogens is 522 g/mol. The Hall–Kier alpha value is -2.27. The number of rotatable bonds is 10. The summed E-state index contributed by atoms with van der Waals surface area (Å²) in [5.41, 5.74) is 1.56. The highest BCUT2D eigenvalue weighted by Gasteiger charge is 2.31. The minimum atomic E-state index is -3.46. The van der Waals surface area contributed by atoms with Crippen LogP contribution in [0.15, 0.2) is 53.0 Å². The van der Waals surface area contributed by atoms with Gasteiger partial charge in [0.25, 0.3) is 5.91 Å². The third-order valence-electron chi connectivity index (χ3n) is 5.72. The van der Waals surface area contributed by atoms with E-state index >= 15 is 0 Å². The fraction of sp³-hybridized carbons (Fsp3) is 0.417. The van der Waals surface area contributed by atoms with E-state index < -0.39 is 10.0 Å². The first-order valence-electron chi connectivity index (χ1n) is 11.2. The molecule has 1 heterocycles. The summed E-state index contributed by atoms with van der Waals surface area (Å²) in [5.74, 6) is -0.855. The van der Waals surface area contributed by atoms with Gasteiger partial charge in [-0.1, -0.05) is 40.2 Å². The number of anilines is 1. The molecule has 184 valence electrons. The van der Waals surface area contributed by atoms with Crippen molar-refractivity contribution in [1.82, 2.24) is 9.62 Å². The van der Waals surface area contributed by atoms with Gasteiger partial charge >= 0.3 is 0 Å². The Labute approximate surface area is 209 Å². The Bertz CT molecular complexity index is 1080. The maximum Gasteiger partial charge on any atom is 0.253 e. The Balaban J connectivity index is 1.55. The standard InChI is InChI=1S/C24H30BrN3O5S/c1-33-16-4-13-26-24(30)21-5-2-3-6-22(21)27-23(29)19-11-14-28(15-12-19)34(31,32)17-18-7-9-20(25)10-8-18/h2-3,5-10,19H,4,11-17H2,1H3,(H,26,30)(H,27,29). The van der Waals surface area contributed by atoms with Crippen molar-refractivity contribution in [1.29, 1.82) is 0 Å². The molecule has 1 fully saturated rings. The number of hydrogen-bond donors (Lipinski definition) is 2. The number of para-hydroxylation sites is 1. The summed E-state index contributed by atoms with van der Waals surface area (Å²) in [6.07, 6.45) is 1.55. The van der Waals surface area contributed by atoms with Crippen molar-refractivity contribution in [2.24, 2.45) is 5.92 Å². The number of nitrogens with one attached hydrogen (secondary N) is 2. The summed E-state index contributed by atoms with van der Waals surface area (Å²) < 4.78 is 33.0. The first-order chi connectivity index (χ1) is 16.3. The summed E-state index contributed by atoms with van der Waals surface area (Å²) in [5, 5.41) is 5.69. The Kier molecular flexibility index (Phi) is 9.63. The number of halogens is 1. The molecule has 3 rings (SSSR count). The highest BCUT2D eigenvalue weighted by atomic mass is 79.9. The number of piperidine rings is 1. The molecule has 0 aromatic heterocycles. The number of carbonyl (C=O) groups excluding carboxylic acids is 2. The molecule has 0 radical (unpaired) electrons. The van der Waals surface area contributed by atoms with Gasteiger partial charge in [-0.2, -0.15) is 0 Å². The predicted molar refractivity (Wildman–Crippen MR) is 135 cm³/mol. The number of carbonyl (C=O) groups is 2. The van der Waals surface area contributed by atoms with Gasteiger partial charge in [-0.05, 0) is 49.1 Å². The van der Waals surface area contributed by atoms with E-state index in [0.717, 1.165) is 10.0 Å². The van der Waals surface area contributed by atoms with Crippen molar-refractivity contribution in [3.63, 3.8) is 0 Å². The van der Waals surface area contributed by atoms with Crippen LogP contribution in [0.25, 0.3) is 0 Å². The minimum Gasteiger partial charge on any atom is -0.385 e. The van der Waals surface area contributed by atoms with E-state index in [1.807, 2.05) is 12.1 Å². The molecule has 2 N–H and O–H groups in total. The molecule has 10 heteroatoms. The van der Waals surface area contributed by atoms with Crippen LogP contribution >= 0.6 is 15.9 Å². The van der Waals surface area contributed by atoms with Crippen LogP contribution in [0.4, 0.5) is 5.69 Å². The SMILES string of the molecule is COCCCNC(=O)c1ccccc1NC(=O)C1CCN(S(=O)(=O)Cc2ccc(Br)cc2)CC1. The molecule has 34 heavy (non-hydrogen) atoms. The maximum absolute atomic E-state index is 12.9. The number of ether oxygens (including phenoxy) is 1. The average molecular weight is 552 g/mol. The molecule has 0 unspecified atom stereocenters. The zero-order valence-electron chi connectivity index (χ0n) is 19.1. The second kappa shape index (κ2) is 12.4. The summed E-state index contributed by atoms with van der Waals surface area (Å²) in [7, 11) is -1.86. The molecule has 1 aliphatic rings. The van der Waals surface area contributed by atoms with E-state index in [1.54, 1.807) is 43.5 Å². The first kappa shape index (κ1) is 26.3. The monoisotopic (exact) mass is 551 g/mol. The van der Waals surface area contributed by atoms with Crippen LogP contribution in [0.3, 0.4) is 0 Å².